The van der Waals surface area contributed by atoms with Crippen LogP contribution in [0.1, 0.15) is 26.2 Å². The van der Waals surface area contributed by atoms with Crippen molar-refractivity contribution in [3.8, 4) is 0 Å². The molecule has 1 saturated carbocycles. The maximum absolute atomic E-state index is 10.9. The lowest BCUT2D eigenvalue weighted by molar-refractivity contribution is -0.140. The fourth-order valence-electron chi connectivity index (χ4n) is 0.565. The zero-order valence-corrected chi connectivity index (χ0v) is 6.22. The Hall–Kier alpha value is -0.790. The van der Waals surface area contributed by atoms with Crippen LogP contribution >= 0.6 is 0 Å². The molecule has 1 rings (SSSR count). The standard InChI is InChI=1S/C8H12O2/c1-3-6(2)8(9)10-7-4-5-7/h7H,2-5H2,1H3. The summed E-state index contributed by atoms with van der Waals surface area (Å²) in [7, 11) is 0. The third kappa shape index (κ3) is 1.87. The molecule has 10 heavy (non-hydrogen) atoms. The Morgan fingerprint density at radius 1 is 1.70 bits per heavy atom. The van der Waals surface area contributed by atoms with E-state index < -0.39 is 0 Å². The van der Waals surface area contributed by atoms with Gasteiger partial charge >= 0.3 is 5.97 Å². The zero-order chi connectivity index (χ0) is 7.56. The Kier molecular flexibility index (Phi) is 2.10. The molecule has 0 bridgehead atoms. The van der Waals surface area contributed by atoms with Gasteiger partial charge in [0.05, 0.1) is 0 Å². The fraction of sp³-hybridized carbons (Fsp3) is 0.625. The Balaban J connectivity index is 2.25. The summed E-state index contributed by atoms with van der Waals surface area (Å²) >= 11 is 0. The molecule has 0 heterocycles. The van der Waals surface area contributed by atoms with E-state index in [1.807, 2.05) is 6.92 Å². The SMILES string of the molecule is C=C(CC)C(=O)OC1CC1. The van der Waals surface area contributed by atoms with E-state index in [1.165, 1.54) is 0 Å². The molecule has 0 unspecified atom stereocenters. The second-order valence-corrected chi connectivity index (χ2v) is 2.56. The first-order chi connectivity index (χ1) is 4.74. The molecule has 0 radical (unpaired) electrons. The van der Waals surface area contributed by atoms with Crippen LogP contribution < -0.4 is 0 Å². The number of carbonyl (C=O) groups is 1. The number of hydrogen-bond donors (Lipinski definition) is 0. The van der Waals surface area contributed by atoms with Crippen LogP contribution in [0.15, 0.2) is 12.2 Å². The predicted octanol–water partition coefficient (Wildman–Crippen LogP) is 1.66. The van der Waals surface area contributed by atoms with Gasteiger partial charge in [-0.05, 0) is 19.3 Å². The second kappa shape index (κ2) is 2.86. The van der Waals surface area contributed by atoms with Crippen LogP contribution in [0, 0.1) is 0 Å². The van der Waals surface area contributed by atoms with Crippen LogP contribution in [0.5, 0.6) is 0 Å². The van der Waals surface area contributed by atoms with Gasteiger partial charge in [-0.25, -0.2) is 4.79 Å². The van der Waals surface area contributed by atoms with Crippen LogP contribution in [0.25, 0.3) is 0 Å². The molecule has 0 aromatic heterocycles. The highest BCUT2D eigenvalue weighted by atomic mass is 16.5. The average Bonchev–Trinajstić information content (AvgIpc) is 2.70. The highest BCUT2D eigenvalue weighted by Crippen LogP contribution is 2.24. The molecule has 0 atom stereocenters. The van der Waals surface area contributed by atoms with Gasteiger partial charge in [-0.2, -0.15) is 0 Å². The summed E-state index contributed by atoms with van der Waals surface area (Å²) in [6.07, 6.45) is 2.95. The normalized spacial score (nSPS) is 16.5. The minimum Gasteiger partial charge on any atom is -0.459 e. The lowest BCUT2D eigenvalue weighted by Gasteiger charge is -2.01. The van der Waals surface area contributed by atoms with Crippen LogP contribution in [-0.2, 0) is 9.53 Å². The molecule has 1 aliphatic carbocycles. The van der Waals surface area contributed by atoms with Crippen molar-refractivity contribution in [2.24, 2.45) is 0 Å². The van der Waals surface area contributed by atoms with Crippen molar-refractivity contribution in [1.29, 1.82) is 0 Å². The quantitative estimate of drug-likeness (QED) is 0.440. The molecule has 2 heteroatoms. The summed E-state index contributed by atoms with van der Waals surface area (Å²) in [5.41, 5.74) is 0.576. The minimum atomic E-state index is -0.218. The van der Waals surface area contributed by atoms with Crippen molar-refractivity contribution >= 4 is 5.97 Å². The average molecular weight is 140 g/mol. The number of rotatable bonds is 3. The van der Waals surface area contributed by atoms with E-state index in [2.05, 4.69) is 6.58 Å². The largest absolute Gasteiger partial charge is 0.459 e. The van der Waals surface area contributed by atoms with Gasteiger partial charge in [0.25, 0.3) is 0 Å². The molecule has 0 aliphatic heterocycles. The lowest BCUT2D eigenvalue weighted by Crippen LogP contribution is -2.07. The van der Waals surface area contributed by atoms with Crippen molar-refractivity contribution in [2.45, 2.75) is 32.3 Å². The van der Waals surface area contributed by atoms with Gasteiger partial charge in [0.1, 0.15) is 6.10 Å². The highest BCUT2D eigenvalue weighted by Gasteiger charge is 2.26. The fourth-order valence-corrected chi connectivity index (χ4v) is 0.565. The third-order valence-electron chi connectivity index (χ3n) is 1.51. The van der Waals surface area contributed by atoms with E-state index in [0.29, 0.717) is 12.0 Å². The molecular weight excluding hydrogens is 128 g/mol. The number of esters is 1. The highest BCUT2D eigenvalue weighted by molar-refractivity contribution is 5.87. The Morgan fingerprint density at radius 3 is 2.70 bits per heavy atom. The van der Waals surface area contributed by atoms with Gasteiger partial charge in [0.15, 0.2) is 0 Å². The first kappa shape index (κ1) is 7.32. The molecule has 0 N–H and O–H groups in total. The van der Waals surface area contributed by atoms with Crippen molar-refractivity contribution in [1.82, 2.24) is 0 Å². The van der Waals surface area contributed by atoms with E-state index in [4.69, 9.17) is 4.74 Å². The second-order valence-electron chi connectivity index (χ2n) is 2.56. The molecule has 0 aromatic rings. The zero-order valence-electron chi connectivity index (χ0n) is 6.22. The summed E-state index contributed by atoms with van der Waals surface area (Å²) in [6, 6.07) is 0. The molecule has 0 spiro atoms. The summed E-state index contributed by atoms with van der Waals surface area (Å²) in [4.78, 5) is 10.9. The third-order valence-corrected chi connectivity index (χ3v) is 1.51. The smallest absolute Gasteiger partial charge is 0.333 e. The number of hydrogen-bond acceptors (Lipinski definition) is 2. The van der Waals surface area contributed by atoms with Crippen molar-refractivity contribution in [3.05, 3.63) is 12.2 Å². The van der Waals surface area contributed by atoms with Crippen molar-refractivity contribution < 1.29 is 9.53 Å². The molecule has 0 aromatic carbocycles. The first-order valence-electron chi connectivity index (χ1n) is 3.62. The maximum Gasteiger partial charge on any atom is 0.333 e. The summed E-state index contributed by atoms with van der Waals surface area (Å²) in [6.45, 7) is 5.48. The Labute approximate surface area is 60.9 Å². The molecule has 0 saturated heterocycles. The van der Waals surface area contributed by atoms with Gasteiger partial charge in [-0.15, -0.1) is 0 Å². The summed E-state index contributed by atoms with van der Waals surface area (Å²) in [5, 5.41) is 0. The van der Waals surface area contributed by atoms with Gasteiger partial charge in [0, 0.05) is 5.57 Å². The molecule has 1 aliphatic rings. The van der Waals surface area contributed by atoms with E-state index >= 15 is 0 Å². The molecular formula is C8H12O2. The van der Waals surface area contributed by atoms with Crippen molar-refractivity contribution in [2.75, 3.05) is 0 Å². The topological polar surface area (TPSA) is 26.3 Å². The van der Waals surface area contributed by atoms with Gasteiger partial charge < -0.3 is 4.74 Å². The molecule has 0 amide bonds. The Morgan fingerprint density at radius 2 is 2.30 bits per heavy atom. The number of ether oxygens (including phenoxy) is 1. The van der Waals surface area contributed by atoms with E-state index in [0.717, 1.165) is 12.8 Å². The minimum absolute atomic E-state index is 0.204. The predicted molar refractivity (Wildman–Crippen MR) is 38.5 cm³/mol. The molecule has 2 nitrogen and oxygen atoms in total. The summed E-state index contributed by atoms with van der Waals surface area (Å²) < 4.78 is 4.98. The van der Waals surface area contributed by atoms with Gasteiger partial charge in [-0.1, -0.05) is 13.5 Å². The van der Waals surface area contributed by atoms with E-state index in [1.54, 1.807) is 0 Å². The van der Waals surface area contributed by atoms with E-state index in [-0.39, 0.29) is 12.1 Å². The molecule has 1 fully saturated rings. The van der Waals surface area contributed by atoms with Crippen LogP contribution in [0.4, 0.5) is 0 Å². The van der Waals surface area contributed by atoms with Gasteiger partial charge in [0.2, 0.25) is 0 Å². The molecule has 56 valence electrons. The first-order valence-corrected chi connectivity index (χ1v) is 3.62. The van der Waals surface area contributed by atoms with E-state index in [9.17, 15) is 4.79 Å². The van der Waals surface area contributed by atoms with Crippen LogP contribution in [-0.4, -0.2) is 12.1 Å². The lowest BCUT2D eigenvalue weighted by atomic mass is 10.2. The number of carbonyl (C=O) groups excluding carboxylic acids is 1. The maximum atomic E-state index is 10.9. The monoisotopic (exact) mass is 140 g/mol. The van der Waals surface area contributed by atoms with Gasteiger partial charge in [-0.3, -0.25) is 0 Å². The Bertz CT molecular complexity index is 157. The van der Waals surface area contributed by atoms with Crippen LogP contribution in [0.3, 0.4) is 0 Å². The van der Waals surface area contributed by atoms with Crippen LogP contribution in [0.2, 0.25) is 0 Å². The van der Waals surface area contributed by atoms with Crippen molar-refractivity contribution in [3.63, 3.8) is 0 Å². The summed E-state index contributed by atoms with van der Waals surface area (Å²) in [5.74, 6) is -0.218.